The summed E-state index contributed by atoms with van der Waals surface area (Å²) >= 11 is 0. The van der Waals surface area contributed by atoms with Gasteiger partial charge < -0.3 is 0 Å². The molecule has 64 valence electrons. The standard InChI is InChI=1S/C10H13.Cu/c1-9(2)8-10-6-4-3-5-7-10;/h4-7,9H,8H2,1-2H3;/q-1;+1. The fourth-order valence-electron chi connectivity index (χ4n) is 1.03. The zero-order chi connectivity index (χ0) is 7.40. The summed E-state index contributed by atoms with van der Waals surface area (Å²) in [5.41, 5.74) is 1.41. The van der Waals surface area contributed by atoms with E-state index in [-0.39, 0.29) is 17.1 Å². The van der Waals surface area contributed by atoms with E-state index in [1.54, 1.807) is 0 Å². The normalized spacial score (nSPS) is 9.36. The topological polar surface area (TPSA) is 0 Å². The Bertz CT molecular complexity index is 179. The molecule has 1 rings (SSSR count). The van der Waals surface area contributed by atoms with Crippen molar-refractivity contribution < 1.29 is 17.1 Å². The van der Waals surface area contributed by atoms with Gasteiger partial charge in [-0.3, -0.25) is 0 Å². The van der Waals surface area contributed by atoms with Gasteiger partial charge in [0.25, 0.3) is 0 Å². The molecule has 0 aliphatic rings. The van der Waals surface area contributed by atoms with Gasteiger partial charge in [0.1, 0.15) is 0 Å². The molecule has 1 aromatic rings. The molecule has 1 heteroatoms. The Kier molecular flexibility index (Phi) is 5.27. The molecule has 1 aromatic carbocycles. The van der Waals surface area contributed by atoms with Gasteiger partial charge in [-0.05, 0) is 12.3 Å². The van der Waals surface area contributed by atoms with Crippen LogP contribution in [0.15, 0.2) is 24.3 Å². The van der Waals surface area contributed by atoms with E-state index in [0.29, 0.717) is 0 Å². The van der Waals surface area contributed by atoms with E-state index in [1.807, 2.05) is 12.1 Å². The Hall–Kier alpha value is -0.261. The largest absolute Gasteiger partial charge is 1.00 e. The van der Waals surface area contributed by atoms with Gasteiger partial charge in [-0.25, -0.2) is 0 Å². The van der Waals surface area contributed by atoms with Gasteiger partial charge >= 0.3 is 17.1 Å². The molecule has 0 saturated heterocycles. The second-order valence-electron chi connectivity index (χ2n) is 3.01. The van der Waals surface area contributed by atoms with E-state index < -0.39 is 0 Å². The molecule has 0 heterocycles. The summed E-state index contributed by atoms with van der Waals surface area (Å²) in [5, 5.41) is 0. The number of rotatable bonds is 2. The molecule has 0 N–H and O–H groups in total. The summed E-state index contributed by atoms with van der Waals surface area (Å²) in [5.74, 6) is 0.752. The molecule has 0 aliphatic heterocycles. The molecule has 0 spiro atoms. The fourth-order valence-corrected chi connectivity index (χ4v) is 1.03. The minimum Gasteiger partial charge on any atom is -0.184 e. The van der Waals surface area contributed by atoms with E-state index in [4.69, 9.17) is 0 Å². The van der Waals surface area contributed by atoms with Crippen LogP contribution < -0.4 is 0 Å². The monoisotopic (exact) mass is 196 g/mol. The second-order valence-corrected chi connectivity index (χ2v) is 3.01. The Labute approximate surface area is 79.5 Å². The van der Waals surface area contributed by atoms with Crippen LogP contribution >= 0.6 is 0 Å². The van der Waals surface area contributed by atoms with Crippen LogP contribution in [0.4, 0.5) is 0 Å². The van der Waals surface area contributed by atoms with Gasteiger partial charge in [0.05, 0.1) is 0 Å². The van der Waals surface area contributed by atoms with E-state index in [2.05, 4.69) is 32.0 Å². The van der Waals surface area contributed by atoms with E-state index in [1.165, 1.54) is 12.0 Å². The maximum Gasteiger partial charge on any atom is 1.00 e. The molecule has 0 aliphatic carbocycles. The molecule has 0 bridgehead atoms. The van der Waals surface area contributed by atoms with Gasteiger partial charge in [0.2, 0.25) is 0 Å². The molecule has 0 saturated carbocycles. The van der Waals surface area contributed by atoms with Crippen molar-refractivity contribution in [1.29, 1.82) is 0 Å². The van der Waals surface area contributed by atoms with Crippen molar-refractivity contribution in [2.24, 2.45) is 5.92 Å². The Balaban J connectivity index is 0.000001000. The zero-order valence-corrected chi connectivity index (χ0v) is 7.84. The van der Waals surface area contributed by atoms with Crippen LogP contribution in [0.1, 0.15) is 19.4 Å². The second kappa shape index (κ2) is 5.40. The minimum absolute atomic E-state index is 0. The molecule has 0 fully saturated rings. The SMILES string of the molecule is CC(C)Cc1cc[c-]cc1.[Cu+]. The molecule has 0 atom stereocenters. The molecule has 0 nitrogen and oxygen atoms in total. The van der Waals surface area contributed by atoms with Crippen molar-refractivity contribution >= 4 is 0 Å². The molecule has 0 unspecified atom stereocenters. The summed E-state index contributed by atoms with van der Waals surface area (Å²) in [6.07, 6.45) is 1.18. The van der Waals surface area contributed by atoms with E-state index in [9.17, 15) is 0 Å². The average Bonchev–Trinajstić information content (AvgIpc) is 1.88. The first-order valence-electron chi connectivity index (χ1n) is 3.74. The summed E-state index contributed by atoms with van der Waals surface area (Å²) in [6.45, 7) is 4.47. The predicted octanol–water partition coefficient (Wildman–Crippen LogP) is 2.68. The molecular weight excluding hydrogens is 184 g/mol. The Morgan fingerprint density at radius 2 is 1.82 bits per heavy atom. The van der Waals surface area contributed by atoms with Crippen molar-refractivity contribution in [2.75, 3.05) is 0 Å². The summed E-state index contributed by atoms with van der Waals surface area (Å²) < 4.78 is 0. The quantitative estimate of drug-likeness (QED) is 0.504. The Morgan fingerprint density at radius 1 is 1.27 bits per heavy atom. The van der Waals surface area contributed by atoms with Crippen molar-refractivity contribution in [1.82, 2.24) is 0 Å². The Morgan fingerprint density at radius 3 is 2.27 bits per heavy atom. The van der Waals surface area contributed by atoms with Crippen LogP contribution in [0.5, 0.6) is 0 Å². The third-order valence-electron chi connectivity index (χ3n) is 1.43. The van der Waals surface area contributed by atoms with Gasteiger partial charge in [-0.1, -0.05) is 13.8 Å². The van der Waals surface area contributed by atoms with Crippen LogP contribution in [0.25, 0.3) is 0 Å². The van der Waals surface area contributed by atoms with Crippen LogP contribution in [0.2, 0.25) is 0 Å². The summed E-state index contributed by atoms with van der Waals surface area (Å²) in [4.78, 5) is 0. The number of hydrogen-bond donors (Lipinski definition) is 0. The maximum absolute atomic E-state index is 3.01. The third-order valence-corrected chi connectivity index (χ3v) is 1.43. The van der Waals surface area contributed by atoms with E-state index >= 15 is 0 Å². The fraction of sp³-hybridized carbons (Fsp3) is 0.400. The zero-order valence-electron chi connectivity index (χ0n) is 6.90. The minimum atomic E-state index is 0. The van der Waals surface area contributed by atoms with Crippen molar-refractivity contribution in [3.8, 4) is 0 Å². The van der Waals surface area contributed by atoms with Gasteiger partial charge in [0, 0.05) is 0 Å². The molecule has 11 heavy (non-hydrogen) atoms. The van der Waals surface area contributed by atoms with Crippen LogP contribution in [0.3, 0.4) is 0 Å². The number of benzene rings is 1. The molecule has 0 amide bonds. The molecule has 0 radical (unpaired) electrons. The molecule has 0 aromatic heterocycles. The summed E-state index contributed by atoms with van der Waals surface area (Å²) in [7, 11) is 0. The maximum atomic E-state index is 3.01. The first-order valence-corrected chi connectivity index (χ1v) is 3.74. The number of hydrogen-bond acceptors (Lipinski definition) is 0. The third kappa shape index (κ3) is 4.23. The van der Waals surface area contributed by atoms with Crippen molar-refractivity contribution in [3.63, 3.8) is 0 Å². The van der Waals surface area contributed by atoms with Gasteiger partial charge in [0.15, 0.2) is 0 Å². The van der Waals surface area contributed by atoms with E-state index in [0.717, 1.165) is 5.92 Å². The first kappa shape index (κ1) is 10.7. The predicted molar refractivity (Wildman–Crippen MR) is 43.8 cm³/mol. The smallest absolute Gasteiger partial charge is 0.184 e. The van der Waals surface area contributed by atoms with Crippen molar-refractivity contribution in [3.05, 3.63) is 35.9 Å². The summed E-state index contributed by atoms with van der Waals surface area (Å²) in [6, 6.07) is 11.2. The van der Waals surface area contributed by atoms with Crippen LogP contribution in [0, 0.1) is 12.0 Å². The van der Waals surface area contributed by atoms with Gasteiger partial charge in [-0.2, -0.15) is 35.9 Å². The van der Waals surface area contributed by atoms with Crippen molar-refractivity contribution in [2.45, 2.75) is 20.3 Å². The van der Waals surface area contributed by atoms with Crippen LogP contribution in [-0.4, -0.2) is 0 Å². The molecular formula is C10H13Cu. The van der Waals surface area contributed by atoms with Gasteiger partial charge in [-0.15, -0.1) is 0 Å². The average molecular weight is 197 g/mol. The van der Waals surface area contributed by atoms with Crippen LogP contribution in [-0.2, 0) is 23.5 Å². The first-order chi connectivity index (χ1) is 4.79.